The molecule has 1 saturated heterocycles. The molecule has 1 heterocycles. The molecule has 0 saturated carbocycles. The summed E-state index contributed by atoms with van der Waals surface area (Å²) in [5.74, 6) is 0.272. The molecule has 2 aromatic carbocycles. The van der Waals surface area contributed by atoms with Crippen LogP contribution in [0.25, 0.3) is 10.8 Å². The van der Waals surface area contributed by atoms with Crippen molar-refractivity contribution in [3.8, 4) is 5.75 Å². The SMILES string of the molecule is CC(C)(C)OC(=O)N1CCCCC1c1ccc2ccccc2c1O. The van der Waals surface area contributed by atoms with Crippen molar-refractivity contribution in [1.29, 1.82) is 0 Å². The van der Waals surface area contributed by atoms with Crippen LogP contribution in [-0.2, 0) is 4.74 Å². The molecule has 1 N–H and O–H groups in total. The van der Waals surface area contributed by atoms with E-state index in [1.165, 1.54) is 0 Å². The van der Waals surface area contributed by atoms with Gasteiger partial charge in [0.1, 0.15) is 11.4 Å². The smallest absolute Gasteiger partial charge is 0.410 e. The molecule has 24 heavy (non-hydrogen) atoms. The molecular weight excluding hydrogens is 302 g/mol. The maximum absolute atomic E-state index is 12.6. The number of fused-ring (bicyclic) bond motifs is 1. The number of piperidine rings is 1. The molecule has 1 aliphatic rings. The summed E-state index contributed by atoms with van der Waals surface area (Å²) in [5.41, 5.74) is 0.282. The molecule has 3 rings (SSSR count). The van der Waals surface area contributed by atoms with E-state index in [4.69, 9.17) is 4.74 Å². The maximum Gasteiger partial charge on any atom is 0.410 e. The van der Waals surface area contributed by atoms with Crippen molar-refractivity contribution >= 4 is 16.9 Å². The molecule has 4 nitrogen and oxygen atoms in total. The number of likely N-dealkylation sites (tertiary alicyclic amines) is 1. The van der Waals surface area contributed by atoms with E-state index < -0.39 is 5.60 Å². The van der Waals surface area contributed by atoms with Crippen molar-refractivity contribution in [2.75, 3.05) is 6.54 Å². The predicted octanol–water partition coefficient (Wildman–Crippen LogP) is 5.01. The van der Waals surface area contributed by atoms with Gasteiger partial charge < -0.3 is 14.7 Å². The molecule has 0 aromatic heterocycles. The molecule has 0 bridgehead atoms. The Morgan fingerprint density at radius 3 is 2.67 bits per heavy atom. The number of aromatic hydroxyl groups is 1. The van der Waals surface area contributed by atoms with Gasteiger partial charge in [0, 0.05) is 17.5 Å². The Bertz CT molecular complexity index is 748. The summed E-state index contributed by atoms with van der Waals surface area (Å²) in [6.45, 7) is 6.28. The second kappa shape index (κ2) is 6.34. The van der Waals surface area contributed by atoms with E-state index in [9.17, 15) is 9.90 Å². The third-order valence-electron chi connectivity index (χ3n) is 4.42. The minimum atomic E-state index is -0.523. The predicted molar refractivity (Wildman–Crippen MR) is 95.1 cm³/mol. The zero-order chi connectivity index (χ0) is 17.3. The normalized spacial score (nSPS) is 18.6. The number of carbonyl (C=O) groups excluding carboxylic acids is 1. The second-order valence-corrected chi connectivity index (χ2v) is 7.41. The number of amides is 1. The van der Waals surface area contributed by atoms with Crippen molar-refractivity contribution < 1.29 is 14.6 Å². The Morgan fingerprint density at radius 1 is 1.17 bits per heavy atom. The fourth-order valence-corrected chi connectivity index (χ4v) is 3.33. The average Bonchev–Trinajstić information content (AvgIpc) is 2.54. The molecule has 0 aliphatic carbocycles. The van der Waals surface area contributed by atoms with Crippen LogP contribution in [0.4, 0.5) is 4.79 Å². The lowest BCUT2D eigenvalue weighted by Gasteiger charge is -2.37. The van der Waals surface area contributed by atoms with Gasteiger partial charge in [0.05, 0.1) is 6.04 Å². The summed E-state index contributed by atoms with van der Waals surface area (Å²) in [5, 5.41) is 12.6. The van der Waals surface area contributed by atoms with Gasteiger partial charge in [-0.3, -0.25) is 0 Å². The van der Waals surface area contributed by atoms with E-state index in [0.29, 0.717) is 6.54 Å². The minimum Gasteiger partial charge on any atom is -0.507 e. The van der Waals surface area contributed by atoms with Crippen molar-refractivity contribution in [1.82, 2.24) is 4.90 Å². The topological polar surface area (TPSA) is 49.8 Å². The molecule has 4 heteroatoms. The zero-order valence-corrected chi connectivity index (χ0v) is 14.6. The summed E-state index contributed by atoms with van der Waals surface area (Å²) in [6.07, 6.45) is 2.53. The maximum atomic E-state index is 12.6. The highest BCUT2D eigenvalue weighted by Gasteiger charge is 2.33. The fraction of sp³-hybridized carbons (Fsp3) is 0.450. The molecule has 1 fully saturated rings. The van der Waals surface area contributed by atoms with Crippen LogP contribution in [0.5, 0.6) is 5.75 Å². The summed E-state index contributed by atoms with van der Waals surface area (Å²) in [7, 11) is 0. The number of phenolic OH excluding ortho intramolecular Hbond substituents is 1. The first-order valence-corrected chi connectivity index (χ1v) is 8.57. The Kier molecular flexibility index (Phi) is 4.39. The summed E-state index contributed by atoms with van der Waals surface area (Å²) >= 11 is 0. The van der Waals surface area contributed by atoms with Crippen LogP contribution >= 0.6 is 0 Å². The number of hydrogen-bond acceptors (Lipinski definition) is 3. The summed E-state index contributed by atoms with van der Waals surface area (Å²) < 4.78 is 5.56. The van der Waals surface area contributed by atoms with Crippen molar-refractivity contribution in [3.63, 3.8) is 0 Å². The van der Waals surface area contributed by atoms with Crippen LogP contribution in [0, 0.1) is 0 Å². The first-order valence-electron chi connectivity index (χ1n) is 8.57. The molecule has 2 aromatic rings. The molecule has 0 spiro atoms. The number of phenols is 1. The van der Waals surface area contributed by atoms with Crippen LogP contribution in [0.3, 0.4) is 0 Å². The lowest BCUT2D eigenvalue weighted by atomic mass is 9.93. The molecule has 1 atom stereocenters. The van der Waals surface area contributed by atoms with Crippen molar-refractivity contribution in [3.05, 3.63) is 42.0 Å². The molecule has 1 unspecified atom stereocenters. The third-order valence-corrected chi connectivity index (χ3v) is 4.42. The Morgan fingerprint density at radius 2 is 1.92 bits per heavy atom. The lowest BCUT2D eigenvalue weighted by molar-refractivity contribution is 0.00933. The highest BCUT2D eigenvalue weighted by molar-refractivity contribution is 5.89. The Hall–Kier alpha value is -2.23. The van der Waals surface area contributed by atoms with Gasteiger partial charge in [0.25, 0.3) is 0 Å². The van der Waals surface area contributed by atoms with E-state index in [2.05, 4.69) is 0 Å². The van der Waals surface area contributed by atoms with Gasteiger partial charge in [0.2, 0.25) is 0 Å². The van der Waals surface area contributed by atoms with Crippen LogP contribution < -0.4 is 0 Å². The first-order chi connectivity index (χ1) is 11.4. The number of hydrogen-bond donors (Lipinski definition) is 1. The van der Waals surface area contributed by atoms with E-state index in [1.54, 1.807) is 4.90 Å². The van der Waals surface area contributed by atoms with Crippen molar-refractivity contribution in [2.24, 2.45) is 0 Å². The quantitative estimate of drug-likeness (QED) is 0.801. The van der Waals surface area contributed by atoms with Crippen molar-refractivity contribution in [2.45, 2.75) is 51.7 Å². The number of carbonyl (C=O) groups is 1. The molecule has 1 amide bonds. The number of ether oxygens (including phenoxy) is 1. The number of nitrogens with zero attached hydrogens (tertiary/aromatic N) is 1. The van der Waals surface area contributed by atoms with E-state index in [-0.39, 0.29) is 17.9 Å². The van der Waals surface area contributed by atoms with E-state index >= 15 is 0 Å². The van der Waals surface area contributed by atoms with Gasteiger partial charge in [-0.1, -0.05) is 36.4 Å². The largest absolute Gasteiger partial charge is 0.507 e. The van der Waals surface area contributed by atoms with E-state index in [1.807, 2.05) is 57.2 Å². The second-order valence-electron chi connectivity index (χ2n) is 7.41. The fourth-order valence-electron chi connectivity index (χ4n) is 3.33. The monoisotopic (exact) mass is 327 g/mol. The highest BCUT2D eigenvalue weighted by atomic mass is 16.6. The number of rotatable bonds is 1. The van der Waals surface area contributed by atoms with Gasteiger partial charge in [-0.2, -0.15) is 0 Å². The van der Waals surface area contributed by atoms with Gasteiger partial charge in [-0.05, 0) is 45.4 Å². The third kappa shape index (κ3) is 3.32. The average molecular weight is 327 g/mol. The van der Waals surface area contributed by atoms with Crippen LogP contribution in [0.15, 0.2) is 36.4 Å². The standard InChI is InChI=1S/C20H25NO3/c1-20(2,3)24-19(23)21-13-7-6-10-17(21)16-12-11-14-8-4-5-9-15(14)18(16)22/h4-5,8-9,11-12,17,22H,6-7,10,13H2,1-3H3. The van der Waals surface area contributed by atoms with Gasteiger partial charge >= 0.3 is 6.09 Å². The van der Waals surface area contributed by atoms with Crippen LogP contribution in [0.1, 0.15) is 51.6 Å². The molecular formula is C20H25NO3. The minimum absolute atomic E-state index is 0.141. The molecule has 128 valence electrons. The zero-order valence-electron chi connectivity index (χ0n) is 14.6. The highest BCUT2D eigenvalue weighted by Crippen LogP contribution is 2.39. The number of benzene rings is 2. The van der Waals surface area contributed by atoms with Crippen LogP contribution in [0.2, 0.25) is 0 Å². The first kappa shape index (κ1) is 16.6. The molecule has 1 aliphatic heterocycles. The Balaban J connectivity index is 1.96. The Labute approximate surface area is 143 Å². The van der Waals surface area contributed by atoms with E-state index in [0.717, 1.165) is 35.6 Å². The summed E-state index contributed by atoms with van der Waals surface area (Å²) in [6, 6.07) is 11.6. The van der Waals surface area contributed by atoms with Crippen LogP contribution in [-0.4, -0.2) is 28.2 Å². The van der Waals surface area contributed by atoms with Gasteiger partial charge in [-0.25, -0.2) is 4.79 Å². The van der Waals surface area contributed by atoms with Gasteiger partial charge in [-0.15, -0.1) is 0 Å². The lowest BCUT2D eigenvalue weighted by Crippen LogP contribution is -2.41. The molecule has 0 radical (unpaired) electrons. The van der Waals surface area contributed by atoms with Gasteiger partial charge in [0.15, 0.2) is 0 Å². The summed E-state index contributed by atoms with van der Waals surface area (Å²) in [4.78, 5) is 14.4.